The number of carbonyl (C=O) groups is 1. The Morgan fingerprint density at radius 3 is 2.58 bits per heavy atom. The smallest absolute Gasteiger partial charge is 0.411 e. The highest BCUT2D eigenvalue weighted by molar-refractivity contribution is 7.08. The van der Waals surface area contributed by atoms with Gasteiger partial charge in [-0.25, -0.2) is 4.79 Å². The van der Waals surface area contributed by atoms with Crippen molar-refractivity contribution in [2.45, 2.75) is 50.8 Å². The van der Waals surface area contributed by atoms with Crippen LogP contribution >= 0.6 is 11.3 Å². The van der Waals surface area contributed by atoms with Gasteiger partial charge >= 0.3 is 6.09 Å². The Labute approximate surface area is 159 Å². The first-order valence-corrected chi connectivity index (χ1v) is 10.3. The molecule has 1 unspecified atom stereocenters. The number of benzene rings is 1. The molecule has 0 aliphatic carbocycles. The zero-order valence-electron chi connectivity index (χ0n) is 15.7. The van der Waals surface area contributed by atoms with Gasteiger partial charge in [-0.15, -0.1) is 0 Å². The van der Waals surface area contributed by atoms with E-state index in [1.54, 1.807) is 11.3 Å². The van der Waals surface area contributed by atoms with Gasteiger partial charge in [-0.3, -0.25) is 5.32 Å². The molecule has 2 aromatic rings. The average molecular weight is 372 g/mol. The van der Waals surface area contributed by atoms with E-state index in [2.05, 4.69) is 48.4 Å². The molecule has 0 saturated carbocycles. The van der Waals surface area contributed by atoms with Crippen molar-refractivity contribution in [1.82, 2.24) is 0 Å². The molecule has 2 bridgehead atoms. The SMILES string of the molecule is Cc1ccc(-c2ccsc2)c(NC(=O)OC2C[C@H]3CC[C@@H](C2)[N+]3(C)C)c1. The van der Waals surface area contributed by atoms with Crippen molar-refractivity contribution in [2.75, 3.05) is 19.4 Å². The fraction of sp³-hybridized carbons (Fsp3) is 0.476. The normalized spacial score (nSPS) is 26.5. The molecule has 4 rings (SSSR count). The lowest BCUT2D eigenvalue weighted by Gasteiger charge is -2.43. The number of quaternary nitrogens is 1. The van der Waals surface area contributed by atoms with Crippen molar-refractivity contribution in [3.05, 3.63) is 40.6 Å². The third kappa shape index (κ3) is 3.26. The summed E-state index contributed by atoms with van der Waals surface area (Å²) in [6, 6.07) is 9.46. The third-order valence-electron chi connectivity index (χ3n) is 6.30. The van der Waals surface area contributed by atoms with Crippen LogP contribution in [0, 0.1) is 6.92 Å². The first-order valence-electron chi connectivity index (χ1n) is 9.37. The quantitative estimate of drug-likeness (QED) is 0.768. The van der Waals surface area contributed by atoms with E-state index in [4.69, 9.17) is 4.74 Å². The number of hydrogen-bond acceptors (Lipinski definition) is 3. The van der Waals surface area contributed by atoms with E-state index in [0.717, 1.165) is 39.7 Å². The zero-order chi connectivity index (χ0) is 18.3. The molecule has 1 N–H and O–H groups in total. The second-order valence-corrected chi connectivity index (χ2v) is 8.98. The minimum atomic E-state index is -0.330. The van der Waals surface area contributed by atoms with Gasteiger partial charge in [0.1, 0.15) is 6.10 Å². The average Bonchev–Trinajstić information content (AvgIpc) is 3.11. The number of anilines is 1. The lowest BCUT2D eigenvalue weighted by Crippen LogP contribution is -2.56. The zero-order valence-corrected chi connectivity index (χ0v) is 16.5. The molecule has 138 valence electrons. The second-order valence-electron chi connectivity index (χ2n) is 8.20. The molecular formula is C21H27N2O2S+. The summed E-state index contributed by atoms with van der Waals surface area (Å²) < 4.78 is 6.91. The van der Waals surface area contributed by atoms with Crippen LogP contribution < -0.4 is 5.32 Å². The molecule has 1 aromatic heterocycles. The predicted octanol–water partition coefficient (Wildman–Crippen LogP) is 5.04. The van der Waals surface area contributed by atoms with Crippen molar-refractivity contribution in [3.63, 3.8) is 0 Å². The van der Waals surface area contributed by atoms with Gasteiger partial charge in [0, 0.05) is 31.2 Å². The van der Waals surface area contributed by atoms with E-state index in [0.29, 0.717) is 12.1 Å². The van der Waals surface area contributed by atoms with E-state index in [-0.39, 0.29) is 12.2 Å². The van der Waals surface area contributed by atoms with Gasteiger partial charge in [-0.2, -0.15) is 11.3 Å². The maximum atomic E-state index is 12.6. The number of aryl methyl sites for hydroxylation is 1. The number of thiophene rings is 1. The highest BCUT2D eigenvalue weighted by atomic mass is 32.1. The molecule has 3 atom stereocenters. The molecular weight excluding hydrogens is 344 g/mol. The van der Waals surface area contributed by atoms with Crippen LogP contribution in [-0.2, 0) is 4.74 Å². The minimum Gasteiger partial charge on any atom is -0.445 e. The highest BCUT2D eigenvalue weighted by Crippen LogP contribution is 2.40. The first kappa shape index (κ1) is 17.6. The van der Waals surface area contributed by atoms with Gasteiger partial charge in [0.05, 0.1) is 31.9 Å². The number of nitrogens with zero attached hydrogens (tertiary/aromatic N) is 1. The summed E-state index contributed by atoms with van der Waals surface area (Å²) in [4.78, 5) is 12.6. The van der Waals surface area contributed by atoms with E-state index >= 15 is 0 Å². The number of hydrogen-bond donors (Lipinski definition) is 1. The summed E-state index contributed by atoms with van der Waals surface area (Å²) >= 11 is 1.66. The van der Waals surface area contributed by atoms with Crippen LogP contribution in [0.4, 0.5) is 10.5 Å². The molecule has 2 saturated heterocycles. The summed E-state index contributed by atoms with van der Waals surface area (Å²) in [5, 5.41) is 7.14. The minimum absolute atomic E-state index is 0.0352. The molecule has 2 aliphatic rings. The standard InChI is InChI=1S/C21H26N2O2S/c1-14-4-7-19(15-8-9-26-13-15)20(10-14)22-21(24)25-18-11-16-5-6-17(12-18)23(16,2)3/h4,7-10,13,16-18H,5-6,11-12H2,1-3H3/p+1/t16-,17+,18?. The fourth-order valence-electron chi connectivity index (χ4n) is 4.65. The van der Waals surface area contributed by atoms with Crippen LogP contribution in [0.2, 0.25) is 0 Å². The van der Waals surface area contributed by atoms with Crippen LogP contribution in [0.15, 0.2) is 35.0 Å². The van der Waals surface area contributed by atoms with Crippen LogP contribution in [0.1, 0.15) is 31.2 Å². The maximum absolute atomic E-state index is 12.6. The third-order valence-corrected chi connectivity index (χ3v) is 6.99. The second kappa shape index (κ2) is 6.71. The first-order chi connectivity index (χ1) is 12.4. The number of carbonyl (C=O) groups excluding carboxylic acids is 1. The van der Waals surface area contributed by atoms with Crippen molar-refractivity contribution >= 4 is 23.1 Å². The number of rotatable bonds is 3. The van der Waals surface area contributed by atoms with Crippen molar-refractivity contribution in [1.29, 1.82) is 0 Å². The van der Waals surface area contributed by atoms with Gasteiger partial charge < -0.3 is 9.22 Å². The Morgan fingerprint density at radius 2 is 1.92 bits per heavy atom. The maximum Gasteiger partial charge on any atom is 0.411 e. The molecule has 4 nitrogen and oxygen atoms in total. The molecule has 2 fully saturated rings. The van der Waals surface area contributed by atoms with Crippen molar-refractivity contribution in [2.24, 2.45) is 0 Å². The molecule has 1 amide bonds. The Balaban J connectivity index is 1.46. The predicted molar refractivity (Wildman–Crippen MR) is 107 cm³/mol. The van der Waals surface area contributed by atoms with E-state index in [9.17, 15) is 4.79 Å². The van der Waals surface area contributed by atoms with E-state index in [1.807, 2.05) is 13.0 Å². The number of nitrogens with one attached hydrogen (secondary N) is 1. The lowest BCUT2D eigenvalue weighted by molar-refractivity contribution is -0.931. The van der Waals surface area contributed by atoms with Gasteiger partial charge in [-0.05, 0) is 40.9 Å². The molecule has 1 aromatic carbocycles. The molecule has 3 heterocycles. The number of ether oxygens (including phenoxy) is 1. The van der Waals surface area contributed by atoms with Crippen LogP contribution in [0.3, 0.4) is 0 Å². The van der Waals surface area contributed by atoms with E-state index < -0.39 is 0 Å². The Morgan fingerprint density at radius 1 is 1.19 bits per heavy atom. The van der Waals surface area contributed by atoms with Crippen LogP contribution in [0.5, 0.6) is 0 Å². The van der Waals surface area contributed by atoms with Gasteiger partial charge in [0.15, 0.2) is 0 Å². The number of fused-ring (bicyclic) bond motifs is 2. The Bertz CT molecular complexity index is 784. The number of amides is 1. The number of piperidine rings is 1. The fourth-order valence-corrected chi connectivity index (χ4v) is 5.30. The Hall–Kier alpha value is -1.85. The molecule has 2 aliphatic heterocycles. The summed E-state index contributed by atoms with van der Waals surface area (Å²) in [5.74, 6) is 0. The highest BCUT2D eigenvalue weighted by Gasteiger charge is 2.49. The largest absolute Gasteiger partial charge is 0.445 e. The summed E-state index contributed by atoms with van der Waals surface area (Å²) in [7, 11) is 4.64. The van der Waals surface area contributed by atoms with Gasteiger partial charge in [0.25, 0.3) is 0 Å². The molecule has 5 heteroatoms. The van der Waals surface area contributed by atoms with E-state index in [1.165, 1.54) is 12.8 Å². The van der Waals surface area contributed by atoms with Crippen LogP contribution in [0.25, 0.3) is 11.1 Å². The van der Waals surface area contributed by atoms with Crippen LogP contribution in [-0.4, -0.2) is 42.9 Å². The van der Waals surface area contributed by atoms with Gasteiger partial charge in [0.2, 0.25) is 0 Å². The monoisotopic (exact) mass is 371 g/mol. The topological polar surface area (TPSA) is 38.3 Å². The molecule has 0 radical (unpaired) electrons. The van der Waals surface area contributed by atoms with Crippen molar-refractivity contribution in [3.8, 4) is 11.1 Å². The molecule has 0 spiro atoms. The molecule has 26 heavy (non-hydrogen) atoms. The summed E-state index contributed by atoms with van der Waals surface area (Å²) in [6.07, 6.45) is 4.15. The summed E-state index contributed by atoms with van der Waals surface area (Å²) in [5.41, 5.74) is 4.10. The van der Waals surface area contributed by atoms with Gasteiger partial charge in [-0.1, -0.05) is 12.1 Å². The lowest BCUT2D eigenvalue weighted by atomic mass is 9.98. The van der Waals surface area contributed by atoms with Crippen molar-refractivity contribution < 1.29 is 14.0 Å². The summed E-state index contributed by atoms with van der Waals surface area (Å²) in [6.45, 7) is 2.03. The Kier molecular flexibility index (Phi) is 4.53.